The maximum absolute atomic E-state index is 13.2. The van der Waals surface area contributed by atoms with Crippen LogP contribution in [-0.2, 0) is 9.59 Å². The second-order valence-corrected chi connectivity index (χ2v) is 4.48. The van der Waals surface area contributed by atoms with Gasteiger partial charge in [0.15, 0.2) is 5.78 Å². The van der Waals surface area contributed by atoms with Gasteiger partial charge < -0.3 is 5.73 Å². The van der Waals surface area contributed by atoms with Gasteiger partial charge in [-0.05, 0) is 25.4 Å². The van der Waals surface area contributed by atoms with Crippen molar-refractivity contribution < 1.29 is 19.2 Å². The third-order valence-electron chi connectivity index (χ3n) is 3.11. The number of Topliss-reactive ketones (excluding diaryl/α,β-unsaturated/α-hetero) is 2. The molecule has 1 fully saturated rings. The Morgan fingerprint density at radius 3 is 3.14 bits per heavy atom. The molecule has 0 bridgehead atoms. The van der Waals surface area contributed by atoms with Gasteiger partial charge in [-0.3, -0.25) is 19.0 Å². The van der Waals surface area contributed by atoms with E-state index in [0.717, 1.165) is 6.07 Å². The summed E-state index contributed by atoms with van der Waals surface area (Å²) in [6, 6.07) is -2.55. The van der Waals surface area contributed by atoms with Crippen molar-refractivity contribution in [3.63, 3.8) is 0 Å². The van der Waals surface area contributed by atoms with Crippen LogP contribution in [0.3, 0.4) is 0 Å². The molecule has 6 heteroatoms. The molecule has 0 radical (unpaired) electrons. The van der Waals surface area contributed by atoms with E-state index in [1.54, 1.807) is 0 Å². The molecule has 1 aromatic carbocycles. The number of fused-ring (bicyclic) bond motifs is 1. The molecule has 1 heterocycles. The number of rotatable bonds is 1. The van der Waals surface area contributed by atoms with Gasteiger partial charge in [-0.25, -0.2) is 4.98 Å². The average Bonchev–Trinajstić information content (AvgIpc) is 2.62. The van der Waals surface area contributed by atoms with Crippen LogP contribution in [0, 0.1) is 6.88 Å². The smallest absolute Gasteiger partial charge is 0.264 e. The number of carbonyl (C=O) groups is 2. The van der Waals surface area contributed by atoms with Gasteiger partial charge in [0.1, 0.15) is 11.6 Å². The van der Waals surface area contributed by atoms with Crippen LogP contribution in [0.2, 0.25) is 0 Å². The van der Waals surface area contributed by atoms with Crippen LogP contribution in [0.4, 0.5) is 5.69 Å². The number of nitrogens with two attached hydrogens (primary N) is 1. The molecule has 1 aliphatic rings. The summed E-state index contributed by atoms with van der Waals surface area (Å²) >= 11 is 0. The Balaban J connectivity index is 2.48. The Morgan fingerprint density at radius 1 is 1.57 bits per heavy atom. The molecule has 0 saturated heterocycles. The van der Waals surface area contributed by atoms with Crippen molar-refractivity contribution in [2.45, 2.75) is 32.1 Å². The lowest BCUT2D eigenvalue weighted by Gasteiger charge is -2.24. The summed E-state index contributed by atoms with van der Waals surface area (Å²) in [5, 5.41) is -0.393. The van der Waals surface area contributed by atoms with Crippen LogP contribution in [0.25, 0.3) is 10.9 Å². The topological polar surface area (TPSA) is 95.0 Å². The maximum Gasteiger partial charge on any atom is 0.264 e. The molecule has 2 N–H and O–H groups in total. The molecule has 3 atom stereocenters. The second-order valence-electron chi connectivity index (χ2n) is 4.48. The zero-order chi connectivity index (χ0) is 21.1. The Kier molecular flexibility index (Phi) is 1.71. The molecule has 3 rings (SSSR count). The lowest BCUT2D eigenvalue weighted by Crippen LogP contribution is -2.36. The van der Waals surface area contributed by atoms with Crippen LogP contribution in [0.1, 0.15) is 40.7 Å². The standard InChI is InChI=1S/C15H15N3O3/c1-8-17-11-4-2-3-10(16)14(11)15(21)18(8)12-6-5-9(19)7-13(12)20/h2-4,12H,5-7,16H2,1H3/i1D2,2D,3D,5D,6D,12D. The van der Waals surface area contributed by atoms with E-state index in [1.807, 2.05) is 0 Å². The molecule has 21 heavy (non-hydrogen) atoms. The summed E-state index contributed by atoms with van der Waals surface area (Å²) < 4.78 is 55.6. The van der Waals surface area contributed by atoms with Crippen molar-refractivity contribution in [2.75, 3.05) is 5.73 Å². The summed E-state index contributed by atoms with van der Waals surface area (Å²) in [4.78, 5) is 41.4. The molecule has 0 amide bonds. The number of carbonyl (C=O) groups excluding carboxylic acids is 2. The van der Waals surface area contributed by atoms with Crippen molar-refractivity contribution in [3.05, 3.63) is 34.3 Å². The molecule has 2 aromatic rings. The van der Waals surface area contributed by atoms with Crippen LogP contribution in [0.15, 0.2) is 22.9 Å². The molecular weight excluding hydrogens is 270 g/mol. The lowest BCUT2D eigenvalue weighted by molar-refractivity contribution is -0.132. The second kappa shape index (κ2) is 4.80. The van der Waals surface area contributed by atoms with Gasteiger partial charge in [-0.1, -0.05) is 6.04 Å². The molecular formula is C15H15N3O3. The van der Waals surface area contributed by atoms with Gasteiger partial charge >= 0.3 is 0 Å². The van der Waals surface area contributed by atoms with Gasteiger partial charge in [0.25, 0.3) is 5.56 Å². The van der Waals surface area contributed by atoms with E-state index >= 15 is 0 Å². The van der Waals surface area contributed by atoms with Gasteiger partial charge in [0.2, 0.25) is 0 Å². The predicted octanol–water partition coefficient (Wildman–Crippen LogP) is 1.15. The van der Waals surface area contributed by atoms with Crippen molar-refractivity contribution in [2.24, 2.45) is 0 Å². The number of ketones is 2. The van der Waals surface area contributed by atoms with Crippen molar-refractivity contribution in [1.29, 1.82) is 0 Å². The SMILES string of the molecule is [2H]c1cc2nc(C([2H])[2H])n(C3([2H])C(=O)CC(=O)C([2H])C3[2H])c(=O)c2c(N)c1[2H]. The Hall–Kier alpha value is -2.50. The summed E-state index contributed by atoms with van der Waals surface area (Å²) in [7, 11) is 0. The van der Waals surface area contributed by atoms with E-state index in [4.69, 9.17) is 15.3 Å². The van der Waals surface area contributed by atoms with Gasteiger partial charge in [-0.2, -0.15) is 0 Å². The molecule has 0 aliphatic heterocycles. The predicted molar refractivity (Wildman–Crippen MR) is 78.1 cm³/mol. The maximum atomic E-state index is 13.2. The normalized spacial score (nSPS) is 34.6. The van der Waals surface area contributed by atoms with Crippen LogP contribution >= 0.6 is 0 Å². The van der Waals surface area contributed by atoms with E-state index in [1.165, 1.54) is 0 Å². The monoisotopic (exact) mass is 292 g/mol. The minimum absolute atomic E-state index is 0.189. The number of nitrogen functional groups attached to an aromatic ring is 1. The molecule has 1 saturated carbocycles. The number of aryl methyl sites for hydroxylation is 1. The first-order chi connectivity index (χ1) is 12.9. The molecule has 1 aliphatic carbocycles. The summed E-state index contributed by atoms with van der Waals surface area (Å²) in [6.45, 7) is -1.95. The van der Waals surface area contributed by atoms with Crippen LogP contribution in [0.5, 0.6) is 0 Å². The molecule has 0 spiro atoms. The van der Waals surface area contributed by atoms with Crippen LogP contribution < -0.4 is 11.3 Å². The minimum atomic E-state index is -2.76. The van der Waals surface area contributed by atoms with Gasteiger partial charge in [0, 0.05) is 17.6 Å². The fourth-order valence-corrected chi connectivity index (χ4v) is 2.16. The van der Waals surface area contributed by atoms with E-state index in [9.17, 15) is 14.4 Å². The summed E-state index contributed by atoms with van der Waals surface area (Å²) in [6.07, 6.45) is -4.62. The fraction of sp³-hybridized carbons (Fsp3) is 0.333. The lowest BCUT2D eigenvalue weighted by atomic mass is 9.92. The van der Waals surface area contributed by atoms with Crippen molar-refractivity contribution >= 4 is 28.2 Å². The van der Waals surface area contributed by atoms with Crippen molar-refractivity contribution in [1.82, 2.24) is 9.55 Å². The first-order valence-electron chi connectivity index (χ1n) is 9.81. The average molecular weight is 292 g/mol. The highest BCUT2D eigenvalue weighted by Gasteiger charge is 2.30. The number of anilines is 1. The Labute approximate surface area is 130 Å². The first-order valence-corrected chi connectivity index (χ1v) is 6.00. The van der Waals surface area contributed by atoms with E-state index in [2.05, 4.69) is 4.98 Å². The highest BCUT2D eigenvalue weighted by molar-refractivity contribution is 6.03. The number of benzene rings is 1. The molecule has 108 valence electrons. The van der Waals surface area contributed by atoms with E-state index in [-0.39, 0.29) is 11.6 Å². The van der Waals surface area contributed by atoms with Crippen LogP contribution in [-0.4, -0.2) is 21.1 Å². The fourth-order valence-electron chi connectivity index (χ4n) is 2.16. The largest absolute Gasteiger partial charge is 0.398 e. The Morgan fingerprint density at radius 2 is 2.38 bits per heavy atom. The summed E-state index contributed by atoms with van der Waals surface area (Å²) in [5.41, 5.74) is 4.01. The highest BCUT2D eigenvalue weighted by atomic mass is 16.2. The first kappa shape index (κ1) is 7.49. The van der Waals surface area contributed by atoms with E-state index in [0.29, 0.717) is 4.57 Å². The third-order valence-corrected chi connectivity index (χ3v) is 3.11. The van der Waals surface area contributed by atoms with Gasteiger partial charge in [-0.15, -0.1) is 0 Å². The number of hydrogen-bond acceptors (Lipinski definition) is 5. The number of nitrogens with zero attached hydrogens (tertiary/aromatic N) is 2. The number of hydrogen-bond donors (Lipinski definition) is 1. The minimum Gasteiger partial charge on any atom is -0.398 e. The molecule has 3 unspecified atom stereocenters. The zero-order valence-corrected chi connectivity index (χ0v) is 10.7. The highest BCUT2D eigenvalue weighted by Crippen LogP contribution is 2.24. The van der Waals surface area contributed by atoms with Gasteiger partial charge in [0.05, 0.1) is 27.5 Å². The molecule has 1 aromatic heterocycles. The summed E-state index contributed by atoms with van der Waals surface area (Å²) in [5.74, 6) is -2.65. The number of aromatic nitrogens is 2. The third kappa shape index (κ3) is 2.12. The quantitative estimate of drug-likeness (QED) is 0.628. The molecule has 6 nitrogen and oxygen atoms in total. The van der Waals surface area contributed by atoms with Crippen molar-refractivity contribution in [3.8, 4) is 0 Å². The Bertz CT molecular complexity index is 1090. The zero-order valence-electron chi connectivity index (χ0n) is 17.7. The van der Waals surface area contributed by atoms with E-state index < -0.39 is 72.2 Å².